The first-order chi connectivity index (χ1) is 10.2. The van der Waals surface area contributed by atoms with Gasteiger partial charge in [-0.1, -0.05) is 19.1 Å². The SMILES string of the molecule is CCCc1nc2c(C)ccnc2n1Cc1ccc(O)cc1. The van der Waals surface area contributed by atoms with E-state index in [-0.39, 0.29) is 5.75 Å². The Bertz CT molecular complexity index is 760. The molecule has 0 aliphatic carbocycles. The lowest BCUT2D eigenvalue weighted by atomic mass is 10.2. The van der Waals surface area contributed by atoms with E-state index in [9.17, 15) is 5.11 Å². The van der Waals surface area contributed by atoms with Crippen LogP contribution in [-0.4, -0.2) is 19.6 Å². The summed E-state index contributed by atoms with van der Waals surface area (Å²) in [5.41, 5.74) is 4.21. The maximum absolute atomic E-state index is 9.40. The number of nitrogens with zero attached hydrogens (tertiary/aromatic N) is 3. The molecular formula is C17H19N3O. The van der Waals surface area contributed by atoms with Crippen LogP contribution in [0.1, 0.15) is 30.3 Å². The lowest BCUT2D eigenvalue weighted by Crippen LogP contribution is -2.05. The molecule has 0 bridgehead atoms. The summed E-state index contributed by atoms with van der Waals surface area (Å²) in [5, 5.41) is 9.40. The van der Waals surface area contributed by atoms with E-state index in [1.165, 1.54) is 0 Å². The molecule has 0 aliphatic rings. The van der Waals surface area contributed by atoms with Gasteiger partial charge in [-0.05, 0) is 42.7 Å². The summed E-state index contributed by atoms with van der Waals surface area (Å²) in [6.45, 7) is 4.95. The summed E-state index contributed by atoms with van der Waals surface area (Å²) in [6, 6.07) is 9.30. The second-order valence-corrected chi connectivity index (χ2v) is 5.33. The molecule has 4 nitrogen and oxygen atoms in total. The van der Waals surface area contributed by atoms with Crippen LogP contribution in [0.4, 0.5) is 0 Å². The van der Waals surface area contributed by atoms with Crippen LogP contribution in [-0.2, 0) is 13.0 Å². The van der Waals surface area contributed by atoms with Gasteiger partial charge in [0, 0.05) is 12.6 Å². The first-order valence-corrected chi connectivity index (χ1v) is 7.27. The van der Waals surface area contributed by atoms with Crippen molar-refractivity contribution < 1.29 is 5.11 Å². The van der Waals surface area contributed by atoms with Crippen molar-refractivity contribution in [2.75, 3.05) is 0 Å². The molecule has 0 amide bonds. The van der Waals surface area contributed by atoms with Crippen LogP contribution in [0.5, 0.6) is 5.75 Å². The van der Waals surface area contributed by atoms with Crippen molar-refractivity contribution >= 4 is 11.2 Å². The Morgan fingerprint density at radius 2 is 1.90 bits per heavy atom. The zero-order chi connectivity index (χ0) is 14.8. The number of phenols is 1. The van der Waals surface area contributed by atoms with Gasteiger partial charge in [0.15, 0.2) is 5.65 Å². The van der Waals surface area contributed by atoms with Crippen LogP contribution in [0, 0.1) is 6.92 Å². The molecular weight excluding hydrogens is 262 g/mol. The van der Waals surface area contributed by atoms with Crippen molar-refractivity contribution in [2.24, 2.45) is 0 Å². The average molecular weight is 281 g/mol. The van der Waals surface area contributed by atoms with E-state index < -0.39 is 0 Å². The predicted octanol–water partition coefficient (Wildman–Crippen LogP) is 3.45. The van der Waals surface area contributed by atoms with Gasteiger partial charge in [-0.25, -0.2) is 9.97 Å². The second kappa shape index (κ2) is 5.56. The lowest BCUT2D eigenvalue weighted by molar-refractivity contribution is 0.475. The van der Waals surface area contributed by atoms with Gasteiger partial charge in [0.25, 0.3) is 0 Å². The minimum atomic E-state index is 0.289. The second-order valence-electron chi connectivity index (χ2n) is 5.33. The zero-order valence-corrected chi connectivity index (χ0v) is 12.4. The Labute approximate surface area is 124 Å². The molecule has 0 fully saturated rings. The molecule has 1 aromatic carbocycles. The molecule has 2 heterocycles. The maximum Gasteiger partial charge on any atom is 0.160 e. The number of aromatic hydroxyl groups is 1. The van der Waals surface area contributed by atoms with Gasteiger partial charge < -0.3 is 9.67 Å². The number of pyridine rings is 1. The Hall–Kier alpha value is -2.36. The van der Waals surface area contributed by atoms with Crippen molar-refractivity contribution in [2.45, 2.75) is 33.2 Å². The molecule has 2 aromatic heterocycles. The molecule has 0 aliphatic heterocycles. The van der Waals surface area contributed by atoms with Crippen LogP contribution < -0.4 is 0 Å². The van der Waals surface area contributed by atoms with Gasteiger partial charge in [0.1, 0.15) is 17.1 Å². The average Bonchev–Trinajstić information content (AvgIpc) is 2.82. The number of aromatic nitrogens is 3. The number of rotatable bonds is 4. The molecule has 3 aromatic rings. The molecule has 0 saturated heterocycles. The summed E-state index contributed by atoms with van der Waals surface area (Å²) < 4.78 is 2.18. The highest BCUT2D eigenvalue weighted by Gasteiger charge is 2.13. The largest absolute Gasteiger partial charge is 0.508 e. The zero-order valence-electron chi connectivity index (χ0n) is 12.4. The number of imidazole rings is 1. The van der Waals surface area contributed by atoms with Crippen molar-refractivity contribution in [1.82, 2.24) is 14.5 Å². The standard InChI is InChI=1S/C17H19N3O/c1-3-4-15-19-16-12(2)9-10-18-17(16)20(15)11-13-5-7-14(21)8-6-13/h5-10,21H,3-4,11H2,1-2H3. The van der Waals surface area contributed by atoms with Gasteiger partial charge >= 0.3 is 0 Å². The van der Waals surface area contributed by atoms with Crippen molar-refractivity contribution in [1.29, 1.82) is 0 Å². The summed E-state index contributed by atoms with van der Waals surface area (Å²) in [5.74, 6) is 1.36. The van der Waals surface area contributed by atoms with E-state index in [1.807, 2.05) is 24.4 Å². The Balaban J connectivity index is 2.08. The summed E-state index contributed by atoms with van der Waals surface area (Å²) in [6.07, 6.45) is 3.83. The molecule has 3 rings (SSSR count). The Kier molecular flexibility index (Phi) is 3.60. The summed E-state index contributed by atoms with van der Waals surface area (Å²) in [7, 11) is 0. The van der Waals surface area contributed by atoms with Gasteiger partial charge in [-0.15, -0.1) is 0 Å². The third-order valence-electron chi connectivity index (χ3n) is 3.67. The van der Waals surface area contributed by atoms with Crippen molar-refractivity contribution in [3.05, 3.63) is 53.5 Å². The molecule has 1 N–H and O–H groups in total. The minimum absolute atomic E-state index is 0.289. The molecule has 0 saturated carbocycles. The van der Waals surface area contributed by atoms with E-state index >= 15 is 0 Å². The minimum Gasteiger partial charge on any atom is -0.508 e. The monoisotopic (exact) mass is 281 g/mol. The van der Waals surface area contributed by atoms with E-state index in [1.54, 1.807) is 12.1 Å². The fraction of sp³-hybridized carbons (Fsp3) is 0.294. The highest BCUT2D eigenvalue weighted by atomic mass is 16.3. The van der Waals surface area contributed by atoms with Gasteiger partial charge in [0.2, 0.25) is 0 Å². The van der Waals surface area contributed by atoms with Crippen LogP contribution in [0.25, 0.3) is 11.2 Å². The third-order valence-corrected chi connectivity index (χ3v) is 3.67. The number of fused-ring (bicyclic) bond motifs is 1. The highest BCUT2D eigenvalue weighted by molar-refractivity contribution is 5.75. The van der Waals surface area contributed by atoms with Gasteiger partial charge in [-0.2, -0.15) is 0 Å². The van der Waals surface area contributed by atoms with Crippen LogP contribution >= 0.6 is 0 Å². The normalized spacial score (nSPS) is 11.1. The first kappa shape index (κ1) is 13.6. The molecule has 0 spiro atoms. The Morgan fingerprint density at radius 3 is 2.62 bits per heavy atom. The molecule has 4 heteroatoms. The number of aryl methyl sites for hydroxylation is 2. The lowest BCUT2D eigenvalue weighted by Gasteiger charge is -2.08. The van der Waals surface area contributed by atoms with Crippen molar-refractivity contribution in [3.63, 3.8) is 0 Å². The molecule has 0 radical (unpaired) electrons. The Morgan fingerprint density at radius 1 is 1.14 bits per heavy atom. The number of hydrogen-bond acceptors (Lipinski definition) is 3. The summed E-state index contributed by atoms with van der Waals surface area (Å²) >= 11 is 0. The number of hydrogen-bond donors (Lipinski definition) is 1. The number of phenolic OH excluding ortho intramolecular Hbond substituents is 1. The smallest absolute Gasteiger partial charge is 0.160 e. The first-order valence-electron chi connectivity index (χ1n) is 7.27. The van der Waals surface area contributed by atoms with Crippen LogP contribution in [0.2, 0.25) is 0 Å². The predicted molar refractivity (Wildman–Crippen MR) is 83.5 cm³/mol. The van der Waals surface area contributed by atoms with Gasteiger partial charge in [0.05, 0.1) is 6.54 Å². The molecule has 21 heavy (non-hydrogen) atoms. The molecule has 0 unspecified atom stereocenters. The van der Waals surface area contributed by atoms with E-state index in [0.29, 0.717) is 0 Å². The van der Waals surface area contributed by atoms with E-state index in [2.05, 4.69) is 23.4 Å². The highest BCUT2D eigenvalue weighted by Crippen LogP contribution is 2.20. The van der Waals surface area contributed by atoms with Crippen molar-refractivity contribution in [3.8, 4) is 5.75 Å². The van der Waals surface area contributed by atoms with E-state index in [0.717, 1.165) is 47.5 Å². The number of benzene rings is 1. The third kappa shape index (κ3) is 2.61. The van der Waals surface area contributed by atoms with E-state index in [4.69, 9.17) is 4.98 Å². The maximum atomic E-state index is 9.40. The van der Waals surface area contributed by atoms with Gasteiger partial charge in [-0.3, -0.25) is 0 Å². The molecule has 108 valence electrons. The topological polar surface area (TPSA) is 50.9 Å². The summed E-state index contributed by atoms with van der Waals surface area (Å²) in [4.78, 5) is 9.28. The van der Waals surface area contributed by atoms with Crippen LogP contribution in [0.3, 0.4) is 0 Å². The fourth-order valence-electron chi connectivity index (χ4n) is 2.55. The molecule has 0 atom stereocenters. The van der Waals surface area contributed by atoms with Crippen LogP contribution in [0.15, 0.2) is 36.5 Å². The quantitative estimate of drug-likeness (QED) is 0.797. The fourth-order valence-corrected chi connectivity index (χ4v) is 2.55.